The summed E-state index contributed by atoms with van der Waals surface area (Å²) >= 11 is 8.22. The van der Waals surface area contributed by atoms with Gasteiger partial charge in [0.15, 0.2) is 0 Å². The summed E-state index contributed by atoms with van der Waals surface area (Å²) in [7, 11) is 0. The second-order valence-electron chi connectivity index (χ2n) is 4.43. The van der Waals surface area contributed by atoms with Crippen LogP contribution in [0.1, 0.15) is 22.1 Å². The molecule has 0 fully saturated rings. The van der Waals surface area contributed by atoms with E-state index in [2.05, 4.69) is 61.7 Å². The summed E-state index contributed by atoms with van der Waals surface area (Å²) in [5.41, 5.74) is 3.76. The molecule has 0 aliphatic rings. The number of hydrogen-bond acceptors (Lipinski definition) is 1. The van der Waals surface area contributed by atoms with E-state index in [-0.39, 0.29) is 5.38 Å². The van der Waals surface area contributed by atoms with Crippen LogP contribution in [0.25, 0.3) is 0 Å². The van der Waals surface area contributed by atoms with Crippen molar-refractivity contribution >= 4 is 23.4 Å². The fraction of sp³-hybridized carbons (Fsp3) is 0.250. The normalized spacial score (nSPS) is 12.4. The minimum absolute atomic E-state index is 0.0450. The van der Waals surface area contributed by atoms with Crippen molar-refractivity contribution in [3.8, 4) is 0 Å². The van der Waals surface area contributed by atoms with Crippen LogP contribution in [0.5, 0.6) is 0 Å². The number of hydrogen-bond donors (Lipinski definition) is 0. The van der Waals surface area contributed by atoms with Crippen LogP contribution in [-0.4, -0.2) is 6.26 Å². The Kier molecular flexibility index (Phi) is 4.73. The highest BCUT2D eigenvalue weighted by molar-refractivity contribution is 7.98. The van der Waals surface area contributed by atoms with Crippen molar-refractivity contribution in [3.63, 3.8) is 0 Å². The average molecular weight is 277 g/mol. The van der Waals surface area contributed by atoms with Crippen LogP contribution in [-0.2, 0) is 6.42 Å². The van der Waals surface area contributed by atoms with Gasteiger partial charge >= 0.3 is 0 Å². The fourth-order valence-electron chi connectivity index (χ4n) is 1.86. The predicted octanol–water partition coefficient (Wildman–Crippen LogP) is 5.24. The topological polar surface area (TPSA) is 0 Å². The Morgan fingerprint density at radius 1 is 1.00 bits per heavy atom. The molecule has 0 N–H and O–H groups in total. The van der Waals surface area contributed by atoms with Gasteiger partial charge < -0.3 is 0 Å². The molecule has 0 nitrogen and oxygen atoms in total. The summed E-state index contributed by atoms with van der Waals surface area (Å²) in [4.78, 5) is 1.28. The Hall–Kier alpha value is -0.920. The van der Waals surface area contributed by atoms with Crippen LogP contribution in [0.3, 0.4) is 0 Å². The molecule has 0 radical (unpaired) electrons. The molecule has 0 bridgehead atoms. The van der Waals surface area contributed by atoms with Crippen LogP contribution in [0.15, 0.2) is 53.4 Å². The largest absolute Gasteiger partial charge is 0.130 e. The molecule has 2 aromatic carbocycles. The first kappa shape index (κ1) is 13.5. The molecule has 2 heteroatoms. The summed E-state index contributed by atoms with van der Waals surface area (Å²) in [5.74, 6) is 0. The summed E-state index contributed by atoms with van der Waals surface area (Å²) in [5, 5.41) is 0.0450. The Labute approximate surface area is 118 Å². The molecule has 0 amide bonds. The van der Waals surface area contributed by atoms with Gasteiger partial charge in [0.25, 0.3) is 0 Å². The Balaban J connectivity index is 2.06. The van der Waals surface area contributed by atoms with Crippen molar-refractivity contribution in [2.75, 3.05) is 6.26 Å². The molecule has 0 saturated carbocycles. The predicted molar refractivity (Wildman–Crippen MR) is 81.7 cm³/mol. The summed E-state index contributed by atoms with van der Waals surface area (Å²) in [6.07, 6.45) is 2.96. The number of rotatable bonds is 4. The molecule has 1 atom stereocenters. The van der Waals surface area contributed by atoms with Gasteiger partial charge in [-0.3, -0.25) is 0 Å². The van der Waals surface area contributed by atoms with Crippen molar-refractivity contribution in [3.05, 3.63) is 65.2 Å². The SMILES string of the molecule is CSc1ccc(C(Cl)Cc2ccc(C)cc2)cc1. The maximum absolute atomic E-state index is 6.47. The second kappa shape index (κ2) is 6.31. The van der Waals surface area contributed by atoms with Gasteiger partial charge in [-0.1, -0.05) is 42.0 Å². The quantitative estimate of drug-likeness (QED) is 0.544. The Morgan fingerprint density at radius 3 is 2.17 bits per heavy atom. The molecular formula is C16H17ClS. The summed E-state index contributed by atoms with van der Waals surface area (Å²) < 4.78 is 0. The van der Waals surface area contributed by atoms with Gasteiger partial charge in [0.05, 0.1) is 5.38 Å². The lowest BCUT2D eigenvalue weighted by molar-refractivity contribution is 0.917. The van der Waals surface area contributed by atoms with E-state index in [1.807, 2.05) is 0 Å². The van der Waals surface area contributed by atoms with Crippen molar-refractivity contribution in [1.82, 2.24) is 0 Å². The monoisotopic (exact) mass is 276 g/mol. The number of thioether (sulfide) groups is 1. The molecule has 1 unspecified atom stereocenters. The first-order chi connectivity index (χ1) is 8.69. The lowest BCUT2D eigenvalue weighted by Gasteiger charge is -2.10. The van der Waals surface area contributed by atoms with Crippen molar-refractivity contribution in [1.29, 1.82) is 0 Å². The number of benzene rings is 2. The van der Waals surface area contributed by atoms with Crippen LogP contribution in [0, 0.1) is 6.92 Å². The zero-order valence-corrected chi connectivity index (χ0v) is 12.3. The van der Waals surface area contributed by atoms with Crippen molar-refractivity contribution in [2.24, 2.45) is 0 Å². The number of halogens is 1. The van der Waals surface area contributed by atoms with Gasteiger partial charge in [0, 0.05) is 4.90 Å². The highest BCUT2D eigenvalue weighted by Gasteiger charge is 2.08. The first-order valence-electron chi connectivity index (χ1n) is 6.02. The molecule has 94 valence electrons. The van der Waals surface area contributed by atoms with Gasteiger partial charge in [-0.15, -0.1) is 23.4 Å². The molecule has 0 aliphatic heterocycles. The molecular weight excluding hydrogens is 260 g/mol. The van der Waals surface area contributed by atoms with Crippen LogP contribution in [0.2, 0.25) is 0 Å². The standard InChI is InChI=1S/C16H17ClS/c1-12-3-5-13(6-4-12)11-16(17)14-7-9-15(18-2)10-8-14/h3-10,16H,11H2,1-2H3. The van der Waals surface area contributed by atoms with Gasteiger partial charge in [-0.2, -0.15) is 0 Å². The fourth-order valence-corrected chi connectivity index (χ4v) is 2.59. The van der Waals surface area contributed by atoms with E-state index in [4.69, 9.17) is 11.6 Å². The molecule has 2 aromatic rings. The van der Waals surface area contributed by atoms with Crippen LogP contribution in [0.4, 0.5) is 0 Å². The third-order valence-corrected chi connectivity index (χ3v) is 4.16. The molecule has 2 rings (SSSR count). The second-order valence-corrected chi connectivity index (χ2v) is 5.84. The summed E-state index contributed by atoms with van der Waals surface area (Å²) in [6.45, 7) is 2.10. The highest BCUT2D eigenvalue weighted by Crippen LogP contribution is 2.26. The number of alkyl halides is 1. The average Bonchev–Trinajstić information content (AvgIpc) is 2.41. The third-order valence-electron chi connectivity index (χ3n) is 3.01. The lowest BCUT2D eigenvalue weighted by Crippen LogP contribution is -1.95. The Morgan fingerprint density at radius 2 is 1.61 bits per heavy atom. The van der Waals surface area contributed by atoms with Gasteiger partial charge in [0.1, 0.15) is 0 Å². The lowest BCUT2D eigenvalue weighted by atomic mass is 10.0. The smallest absolute Gasteiger partial charge is 0.0625 e. The number of aryl methyl sites for hydroxylation is 1. The maximum atomic E-state index is 6.47. The molecule has 0 aromatic heterocycles. The first-order valence-corrected chi connectivity index (χ1v) is 7.68. The third kappa shape index (κ3) is 3.54. The molecule has 18 heavy (non-hydrogen) atoms. The van der Waals surface area contributed by atoms with Gasteiger partial charge in [0.2, 0.25) is 0 Å². The molecule has 0 heterocycles. The minimum Gasteiger partial charge on any atom is -0.130 e. The van der Waals surface area contributed by atoms with Gasteiger partial charge in [-0.05, 0) is 42.9 Å². The van der Waals surface area contributed by atoms with E-state index in [1.54, 1.807) is 11.8 Å². The molecule has 0 saturated heterocycles. The van der Waals surface area contributed by atoms with Crippen LogP contribution >= 0.6 is 23.4 Å². The van der Waals surface area contributed by atoms with Crippen molar-refractivity contribution in [2.45, 2.75) is 23.6 Å². The van der Waals surface area contributed by atoms with E-state index in [1.165, 1.54) is 21.6 Å². The van der Waals surface area contributed by atoms with Crippen LogP contribution < -0.4 is 0 Å². The molecule has 0 aliphatic carbocycles. The van der Waals surface area contributed by atoms with E-state index in [0.29, 0.717) is 0 Å². The molecule has 0 spiro atoms. The van der Waals surface area contributed by atoms with Gasteiger partial charge in [-0.25, -0.2) is 0 Å². The highest BCUT2D eigenvalue weighted by atomic mass is 35.5. The zero-order valence-electron chi connectivity index (χ0n) is 10.7. The minimum atomic E-state index is 0.0450. The Bertz CT molecular complexity index is 488. The zero-order chi connectivity index (χ0) is 13.0. The van der Waals surface area contributed by atoms with E-state index in [0.717, 1.165) is 6.42 Å². The van der Waals surface area contributed by atoms with E-state index < -0.39 is 0 Å². The maximum Gasteiger partial charge on any atom is 0.0625 e. The van der Waals surface area contributed by atoms with Crippen molar-refractivity contribution < 1.29 is 0 Å². The summed E-state index contributed by atoms with van der Waals surface area (Å²) in [6, 6.07) is 17.1. The van der Waals surface area contributed by atoms with E-state index in [9.17, 15) is 0 Å². The van der Waals surface area contributed by atoms with E-state index >= 15 is 0 Å².